The van der Waals surface area contributed by atoms with Gasteiger partial charge in [0.25, 0.3) is 0 Å². The maximum Gasteiger partial charge on any atom is 0.214 e. The molecule has 0 amide bonds. The van der Waals surface area contributed by atoms with E-state index in [-0.39, 0.29) is 60.9 Å². The quantitative estimate of drug-likeness (QED) is 0.608. The molecule has 11 heteroatoms. The Bertz CT molecular complexity index is 1280. The van der Waals surface area contributed by atoms with Gasteiger partial charge in [-0.1, -0.05) is 11.6 Å². The smallest absolute Gasteiger partial charge is 0.214 e. The Kier molecular flexibility index (Phi) is 6.61. The summed E-state index contributed by atoms with van der Waals surface area (Å²) in [4.78, 5) is -0.0607. The van der Waals surface area contributed by atoms with Gasteiger partial charge in [-0.15, -0.1) is 0 Å². The summed E-state index contributed by atoms with van der Waals surface area (Å²) in [5.74, 6) is -2.11. The van der Waals surface area contributed by atoms with E-state index >= 15 is 0 Å². The summed E-state index contributed by atoms with van der Waals surface area (Å²) in [5, 5.41) is 10.2. The number of hydrogen-bond donors (Lipinski definition) is 1. The second kappa shape index (κ2) is 8.81. The van der Waals surface area contributed by atoms with Crippen LogP contribution in [-0.4, -0.2) is 50.7 Å². The SMILES string of the molecule is CC1(O)CN(S(=O)(=O)CC2CCC(c3cc(F)ccc3F)(S(=O)(=O)c3ccc(Cl)cc3)CC2)C1. The summed E-state index contributed by atoms with van der Waals surface area (Å²) < 4.78 is 81.6. The van der Waals surface area contributed by atoms with Crippen molar-refractivity contribution in [2.45, 2.75) is 47.9 Å². The lowest BCUT2D eigenvalue weighted by Gasteiger charge is -2.44. The van der Waals surface area contributed by atoms with Crippen LogP contribution in [0.4, 0.5) is 8.78 Å². The van der Waals surface area contributed by atoms with Crippen molar-refractivity contribution in [1.82, 2.24) is 4.31 Å². The van der Waals surface area contributed by atoms with Crippen LogP contribution in [0.25, 0.3) is 0 Å². The molecule has 1 aliphatic carbocycles. The summed E-state index contributed by atoms with van der Waals surface area (Å²) in [7, 11) is -7.81. The molecule has 2 aromatic carbocycles. The summed E-state index contributed by atoms with van der Waals surface area (Å²) in [5.41, 5.74) is -1.29. The van der Waals surface area contributed by atoms with Crippen molar-refractivity contribution >= 4 is 31.5 Å². The summed E-state index contributed by atoms with van der Waals surface area (Å²) in [6, 6.07) is 8.28. The van der Waals surface area contributed by atoms with Gasteiger partial charge in [-0.05, 0) is 81.0 Å². The van der Waals surface area contributed by atoms with Gasteiger partial charge in [-0.3, -0.25) is 0 Å². The van der Waals surface area contributed by atoms with Gasteiger partial charge in [0.2, 0.25) is 10.0 Å². The second-order valence-electron chi connectivity index (χ2n) is 9.56. The molecule has 1 saturated heterocycles. The van der Waals surface area contributed by atoms with Gasteiger partial charge in [0, 0.05) is 23.7 Å². The fraction of sp³-hybridized carbons (Fsp3) is 0.478. The largest absolute Gasteiger partial charge is 0.387 e. The van der Waals surface area contributed by atoms with E-state index in [1.807, 2.05) is 0 Å². The van der Waals surface area contributed by atoms with Crippen molar-refractivity contribution < 1.29 is 30.7 Å². The highest BCUT2D eigenvalue weighted by Crippen LogP contribution is 2.49. The fourth-order valence-electron chi connectivity index (χ4n) is 4.99. The number of rotatable bonds is 6. The average molecular weight is 534 g/mol. The highest BCUT2D eigenvalue weighted by atomic mass is 35.5. The minimum absolute atomic E-state index is 0.0193. The number of benzene rings is 2. The number of hydrogen-bond acceptors (Lipinski definition) is 5. The van der Waals surface area contributed by atoms with E-state index in [9.17, 15) is 30.7 Å². The molecule has 186 valence electrons. The van der Waals surface area contributed by atoms with Crippen LogP contribution in [0.5, 0.6) is 0 Å². The predicted molar refractivity (Wildman–Crippen MR) is 125 cm³/mol. The molecule has 0 unspecified atom stereocenters. The van der Waals surface area contributed by atoms with E-state index in [2.05, 4.69) is 0 Å². The molecule has 0 atom stereocenters. The highest BCUT2D eigenvalue weighted by Gasteiger charge is 2.51. The minimum atomic E-state index is -4.18. The molecule has 0 spiro atoms. The molecule has 1 saturated carbocycles. The van der Waals surface area contributed by atoms with Crippen molar-refractivity contribution in [2.75, 3.05) is 18.8 Å². The van der Waals surface area contributed by atoms with Gasteiger partial charge in [-0.2, -0.15) is 4.31 Å². The molecule has 2 aliphatic rings. The van der Waals surface area contributed by atoms with Gasteiger partial charge in [-0.25, -0.2) is 25.6 Å². The number of sulfone groups is 1. The Balaban J connectivity index is 1.65. The fourth-order valence-corrected chi connectivity index (χ4v) is 9.37. The molecule has 1 heterocycles. The van der Waals surface area contributed by atoms with Crippen LogP contribution in [0.2, 0.25) is 5.02 Å². The van der Waals surface area contributed by atoms with E-state index < -0.39 is 41.8 Å². The summed E-state index contributed by atoms with van der Waals surface area (Å²) >= 11 is 5.90. The van der Waals surface area contributed by atoms with Crippen LogP contribution >= 0.6 is 11.6 Å². The molecular weight excluding hydrogens is 508 g/mol. The Morgan fingerprint density at radius 2 is 1.62 bits per heavy atom. The molecule has 0 bridgehead atoms. The minimum Gasteiger partial charge on any atom is -0.387 e. The van der Waals surface area contributed by atoms with E-state index in [4.69, 9.17) is 11.6 Å². The van der Waals surface area contributed by atoms with Gasteiger partial charge < -0.3 is 5.11 Å². The second-order valence-corrected chi connectivity index (χ2v) is 14.3. The zero-order valence-electron chi connectivity index (χ0n) is 18.5. The van der Waals surface area contributed by atoms with E-state index in [0.717, 1.165) is 18.2 Å². The average Bonchev–Trinajstić information content (AvgIpc) is 2.74. The third kappa shape index (κ3) is 4.63. The lowest BCUT2D eigenvalue weighted by molar-refractivity contribution is -0.0428. The lowest BCUT2D eigenvalue weighted by atomic mass is 9.78. The first kappa shape index (κ1) is 25.5. The molecule has 2 fully saturated rings. The van der Waals surface area contributed by atoms with Crippen molar-refractivity contribution in [2.24, 2.45) is 5.92 Å². The Morgan fingerprint density at radius 1 is 1.03 bits per heavy atom. The first-order valence-corrected chi connectivity index (χ1v) is 14.4. The van der Waals surface area contributed by atoms with Gasteiger partial charge in [0.1, 0.15) is 16.4 Å². The number of nitrogens with zero attached hydrogens (tertiary/aromatic N) is 1. The Morgan fingerprint density at radius 3 is 2.18 bits per heavy atom. The highest BCUT2D eigenvalue weighted by molar-refractivity contribution is 7.92. The van der Waals surface area contributed by atoms with Crippen LogP contribution in [0.1, 0.15) is 38.2 Å². The number of halogens is 3. The predicted octanol–water partition coefficient (Wildman–Crippen LogP) is 3.87. The first-order chi connectivity index (χ1) is 15.8. The molecule has 1 N–H and O–H groups in total. The Labute approximate surface area is 203 Å². The van der Waals surface area contributed by atoms with Crippen LogP contribution in [-0.2, 0) is 24.6 Å². The van der Waals surface area contributed by atoms with Crippen molar-refractivity contribution in [3.63, 3.8) is 0 Å². The van der Waals surface area contributed by atoms with E-state index in [0.29, 0.717) is 5.02 Å². The maximum absolute atomic E-state index is 14.9. The van der Waals surface area contributed by atoms with Crippen LogP contribution in [0, 0.1) is 17.6 Å². The number of aliphatic hydroxyl groups is 1. The molecule has 34 heavy (non-hydrogen) atoms. The maximum atomic E-state index is 14.9. The monoisotopic (exact) mass is 533 g/mol. The molecule has 4 rings (SSSR count). The third-order valence-electron chi connectivity index (χ3n) is 6.84. The Hall–Kier alpha value is -1.59. The molecule has 0 radical (unpaired) electrons. The molecule has 2 aromatic rings. The zero-order chi connectivity index (χ0) is 24.9. The van der Waals surface area contributed by atoms with Crippen molar-refractivity contribution in [1.29, 1.82) is 0 Å². The molecule has 0 aromatic heterocycles. The van der Waals surface area contributed by atoms with E-state index in [1.165, 1.54) is 28.6 Å². The van der Waals surface area contributed by atoms with Gasteiger partial charge in [0.15, 0.2) is 9.84 Å². The van der Waals surface area contributed by atoms with Gasteiger partial charge >= 0.3 is 0 Å². The molecule has 6 nitrogen and oxygen atoms in total. The number of β-amino-alcohol motifs (C(OH)–C–C–N with tert-alkyl or cyclic N) is 1. The topological polar surface area (TPSA) is 91.8 Å². The molecular formula is C23H26ClF2NO5S2. The molecule has 1 aliphatic heterocycles. The lowest BCUT2D eigenvalue weighted by Crippen LogP contribution is -2.62. The van der Waals surface area contributed by atoms with Crippen molar-refractivity contribution in [3.8, 4) is 0 Å². The third-order valence-corrected chi connectivity index (χ3v) is 11.6. The summed E-state index contributed by atoms with van der Waals surface area (Å²) in [6.45, 7) is 1.60. The van der Waals surface area contributed by atoms with Crippen molar-refractivity contribution in [3.05, 3.63) is 64.7 Å². The van der Waals surface area contributed by atoms with E-state index in [1.54, 1.807) is 6.92 Å². The van der Waals surface area contributed by atoms with Gasteiger partial charge in [0.05, 0.1) is 16.2 Å². The van der Waals surface area contributed by atoms with Crippen LogP contribution < -0.4 is 0 Å². The summed E-state index contributed by atoms with van der Waals surface area (Å²) in [6.07, 6.45) is 0.283. The van der Waals surface area contributed by atoms with Crippen LogP contribution in [0.15, 0.2) is 47.4 Å². The zero-order valence-corrected chi connectivity index (χ0v) is 20.9. The van der Waals surface area contributed by atoms with Crippen LogP contribution in [0.3, 0.4) is 0 Å². The number of sulfonamides is 1. The first-order valence-electron chi connectivity index (χ1n) is 10.9. The normalized spacial score (nSPS) is 25.6. The standard InChI is InChI=1S/C23H26ClF2NO5S2/c1-22(28)14-27(15-22)33(29,30)13-16-8-10-23(11-9-16,20-12-18(25)4-7-21(20)26)34(31,32)19-5-2-17(24)3-6-19/h2-7,12,16,28H,8-11,13-15H2,1H3.